The summed E-state index contributed by atoms with van der Waals surface area (Å²) in [6, 6.07) is 14.4. The van der Waals surface area contributed by atoms with E-state index >= 15 is 0 Å². The predicted octanol–water partition coefficient (Wildman–Crippen LogP) is 3.99. The first kappa shape index (κ1) is 24.7. The Morgan fingerprint density at radius 3 is 2.26 bits per heavy atom. The molecule has 0 atom stereocenters. The van der Waals surface area contributed by atoms with Crippen LogP contribution in [0.1, 0.15) is 25.0 Å². The highest BCUT2D eigenvalue weighted by molar-refractivity contribution is 7.89. The second kappa shape index (κ2) is 10.1. The molecule has 0 saturated carbocycles. The maximum Gasteiger partial charge on any atom is 0.277 e. The molecule has 34 heavy (non-hydrogen) atoms. The Bertz CT molecular complexity index is 1330. The molecule has 0 unspecified atom stereocenters. The van der Waals surface area contributed by atoms with Gasteiger partial charge in [-0.25, -0.2) is 8.42 Å². The van der Waals surface area contributed by atoms with Crippen molar-refractivity contribution in [1.29, 1.82) is 0 Å². The number of hydrogen-bond donors (Lipinski definition) is 0. The minimum Gasteiger partial charge on any atom is -0.367 e. The van der Waals surface area contributed by atoms with Crippen LogP contribution >= 0.6 is 23.2 Å². The molecule has 7 nitrogen and oxygen atoms in total. The molecule has 0 aliphatic carbocycles. The summed E-state index contributed by atoms with van der Waals surface area (Å²) in [6.07, 6.45) is 2.07. The van der Waals surface area contributed by atoms with E-state index in [1.54, 1.807) is 56.4 Å². The van der Waals surface area contributed by atoms with Crippen molar-refractivity contribution < 1.29 is 8.42 Å². The average Bonchev–Trinajstić information content (AvgIpc) is 2.81. The third-order valence-corrected chi connectivity index (χ3v) is 8.70. The zero-order valence-electron chi connectivity index (χ0n) is 19.0. The van der Waals surface area contributed by atoms with E-state index in [1.807, 2.05) is 17.0 Å². The van der Waals surface area contributed by atoms with E-state index in [4.69, 9.17) is 23.2 Å². The Labute approximate surface area is 209 Å². The molecule has 1 aliphatic rings. The van der Waals surface area contributed by atoms with E-state index in [-0.39, 0.29) is 5.56 Å². The summed E-state index contributed by atoms with van der Waals surface area (Å²) in [5, 5.41) is 5.09. The van der Waals surface area contributed by atoms with Gasteiger partial charge in [0.2, 0.25) is 10.0 Å². The lowest BCUT2D eigenvalue weighted by molar-refractivity contribution is 0.380. The fourth-order valence-corrected chi connectivity index (χ4v) is 5.58. The van der Waals surface area contributed by atoms with Gasteiger partial charge in [0, 0.05) is 48.2 Å². The van der Waals surface area contributed by atoms with Gasteiger partial charge < -0.3 is 4.90 Å². The van der Waals surface area contributed by atoms with Crippen LogP contribution in [-0.2, 0) is 16.4 Å². The molecule has 0 bridgehead atoms. The van der Waals surface area contributed by atoms with Crippen molar-refractivity contribution in [1.82, 2.24) is 14.1 Å². The second-order valence-corrected chi connectivity index (χ2v) is 11.9. The highest BCUT2D eigenvalue weighted by Crippen LogP contribution is 2.24. The zero-order valence-corrected chi connectivity index (χ0v) is 21.3. The third kappa shape index (κ3) is 5.15. The summed E-state index contributed by atoms with van der Waals surface area (Å²) in [5.74, 6) is 0. The van der Waals surface area contributed by atoms with Gasteiger partial charge in [-0.1, -0.05) is 41.4 Å². The molecule has 0 radical (unpaired) electrons. The molecule has 180 valence electrons. The summed E-state index contributed by atoms with van der Waals surface area (Å²) in [4.78, 5) is 15.7. The lowest BCUT2D eigenvalue weighted by Gasteiger charge is -2.36. The van der Waals surface area contributed by atoms with Gasteiger partial charge in [-0.3, -0.25) is 4.79 Å². The van der Waals surface area contributed by atoms with Crippen LogP contribution in [-0.4, -0.2) is 53.9 Å². The highest BCUT2D eigenvalue weighted by atomic mass is 35.5. The average molecular weight is 521 g/mol. The Balaban J connectivity index is 1.71. The van der Waals surface area contributed by atoms with Crippen molar-refractivity contribution in [3.05, 3.63) is 86.3 Å². The topological polar surface area (TPSA) is 75.5 Å². The molecule has 0 spiro atoms. The van der Waals surface area contributed by atoms with Crippen molar-refractivity contribution in [2.24, 2.45) is 0 Å². The van der Waals surface area contributed by atoms with Gasteiger partial charge in [0.25, 0.3) is 5.56 Å². The van der Waals surface area contributed by atoms with Crippen LogP contribution in [0.3, 0.4) is 0 Å². The van der Waals surface area contributed by atoms with Gasteiger partial charge in [-0.15, -0.1) is 0 Å². The SMILES string of the molecule is CC(C)S(=O)(=O)N1CCN(c2cnn(-c3cccc(Cl)c3)c(=O)c2Cc2ccc(Cl)cc2)CC1. The number of anilines is 1. The van der Waals surface area contributed by atoms with Crippen LogP contribution in [0, 0.1) is 0 Å². The summed E-state index contributed by atoms with van der Waals surface area (Å²) in [7, 11) is -3.32. The van der Waals surface area contributed by atoms with Crippen LogP contribution in [0.5, 0.6) is 0 Å². The van der Waals surface area contributed by atoms with E-state index in [2.05, 4.69) is 5.10 Å². The van der Waals surface area contributed by atoms with Crippen LogP contribution in [0.2, 0.25) is 10.0 Å². The van der Waals surface area contributed by atoms with Gasteiger partial charge >= 0.3 is 0 Å². The minimum absolute atomic E-state index is 0.244. The smallest absolute Gasteiger partial charge is 0.277 e. The predicted molar refractivity (Wildman–Crippen MR) is 137 cm³/mol. The Morgan fingerprint density at radius 1 is 0.971 bits per heavy atom. The van der Waals surface area contributed by atoms with E-state index < -0.39 is 15.3 Å². The minimum atomic E-state index is -3.32. The largest absolute Gasteiger partial charge is 0.367 e. The third-order valence-electron chi connectivity index (χ3n) is 5.94. The number of sulfonamides is 1. The fourth-order valence-electron chi connectivity index (χ4n) is 4.00. The maximum atomic E-state index is 13.6. The van der Waals surface area contributed by atoms with Crippen molar-refractivity contribution in [3.8, 4) is 5.69 Å². The molecule has 0 N–H and O–H groups in total. The van der Waals surface area contributed by atoms with Gasteiger partial charge in [0.05, 0.1) is 22.8 Å². The highest BCUT2D eigenvalue weighted by Gasteiger charge is 2.30. The molecule has 2 aromatic carbocycles. The Morgan fingerprint density at radius 2 is 1.65 bits per heavy atom. The van der Waals surface area contributed by atoms with Gasteiger partial charge in [0.1, 0.15) is 0 Å². The van der Waals surface area contributed by atoms with Crippen molar-refractivity contribution in [2.45, 2.75) is 25.5 Å². The molecule has 3 aromatic rings. The molecular weight excluding hydrogens is 495 g/mol. The normalized spacial score (nSPS) is 15.1. The van der Waals surface area contributed by atoms with Crippen molar-refractivity contribution >= 4 is 38.9 Å². The van der Waals surface area contributed by atoms with E-state index in [0.29, 0.717) is 59.6 Å². The van der Waals surface area contributed by atoms with Crippen LogP contribution in [0.25, 0.3) is 5.69 Å². The van der Waals surface area contributed by atoms with Crippen molar-refractivity contribution in [2.75, 3.05) is 31.1 Å². The number of halogens is 2. The quantitative estimate of drug-likeness (QED) is 0.491. The fraction of sp³-hybridized carbons (Fsp3) is 0.333. The molecule has 1 aliphatic heterocycles. The second-order valence-electron chi connectivity index (χ2n) is 8.49. The number of hydrogen-bond acceptors (Lipinski definition) is 5. The first-order valence-electron chi connectivity index (χ1n) is 11.0. The van der Waals surface area contributed by atoms with Crippen molar-refractivity contribution in [3.63, 3.8) is 0 Å². The van der Waals surface area contributed by atoms with E-state index in [1.165, 1.54) is 8.99 Å². The zero-order chi connectivity index (χ0) is 24.5. The molecule has 0 amide bonds. The number of benzene rings is 2. The molecule has 2 heterocycles. The van der Waals surface area contributed by atoms with E-state index in [9.17, 15) is 13.2 Å². The summed E-state index contributed by atoms with van der Waals surface area (Å²) in [5.41, 5.74) is 2.56. The molecule has 1 fully saturated rings. The van der Waals surface area contributed by atoms with Gasteiger partial charge in [-0.05, 0) is 49.7 Å². The van der Waals surface area contributed by atoms with Crippen LogP contribution in [0.15, 0.2) is 59.5 Å². The van der Waals surface area contributed by atoms with Gasteiger partial charge in [0.15, 0.2) is 0 Å². The molecule has 1 aromatic heterocycles. The first-order valence-corrected chi connectivity index (χ1v) is 13.3. The maximum absolute atomic E-state index is 13.6. The van der Waals surface area contributed by atoms with Crippen LogP contribution in [0.4, 0.5) is 5.69 Å². The summed E-state index contributed by atoms with van der Waals surface area (Å²) >= 11 is 12.2. The monoisotopic (exact) mass is 520 g/mol. The lowest BCUT2D eigenvalue weighted by Crippen LogP contribution is -2.51. The Hall–Kier alpha value is -2.39. The summed E-state index contributed by atoms with van der Waals surface area (Å²) < 4.78 is 28.0. The first-order chi connectivity index (χ1) is 16.2. The van der Waals surface area contributed by atoms with Crippen LogP contribution < -0.4 is 10.5 Å². The standard InChI is InChI=1S/C24H26Cl2N4O3S/c1-17(2)34(32,33)29-12-10-28(11-13-29)23-16-27-30(21-5-3-4-20(26)15-21)24(31)22(23)14-18-6-8-19(25)9-7-18/h3-9,15-17H,10-14H2,1-2H3. The number of piperazine rings is 1. The molecule has 4 rings (SSSR count). The summed E-state index contributed by atoms with van der Waals surface area (Å²) in [6.45, 7) is 5.04. The van der Waals surface area contributed by atoms with E-state index in [0.717, 1.165) is 5.56 Å². The Kier molecular flexibility index (Phi) is 7.33. The molecule has 1 saturated heterocycles. The van der Waals surface area contributed by atoms with Gasteiger partial charge in [-0.2, -0.15) is 14.1 Å². The number of rotatable bonds is 6. The number of aromatic nitrogens is 2. The molecular formula is C24H26Cl2N4O3S. The molecule has 10 heteroatoms. The lowest BCUT2D eigenvalue weighted by atomic mass is 10.0. The number of nitrogens with zero attached hydrogens (tertiary/aromatic N) is 4.